The van der Waals surface area contributed by atoms with Crippen molar-refractivity contribution in [3.8, 4) is 5.75 Å². The van der Waals surface area contributed by atoms with Crippen molar-refractivity contribution in [3.05, 3.63) is 59.1 Å². The Morgan fingerprint density at radius 1 is 1.21 bits per heavy atom. The molecule has 0 aliphatic carbocycles. The molecule has 1 unspecified atom stereocenters. The van der Waals surface area contributed by atoms with Gasteiger partial charge in [-0.2, -0.15) is 0 Å². The molecule has 29 heavy (non-hydrogen) atoms. The number of carbonyl (C=O) groups excluding carboxylic acids is 1. The maximum Gasteiger partial charge on any atom is 0.319 e. The number of nitrogens with zero attached hydrogens (tertiary/aromatic N) is 1. The number of urea groups is 1. The van der Waals surface area contributed by atoms with Crippen molar-refractivity contribution in [2.75, 3.05) is 32.1 Å². The fourth-order valence-electron chi connectivity index (χ4n) is 3.61. The number of benzene rings is 2. The molecule has 1 fully saturated rings. The summed E-state index contributed by atoms with van der Waals surface area (Å²) in [5.41, 5.74) is 1.60. The van der Waals surface area contributed by atoms with Crippen LogP contribution in [0.2, 0.25) is 5.02 Å². The van der Waals surface area contributed by atoms with Crippen LogP contribution in [0.5, 0.6) is 5.75 Å². The molecule has 8 heteroatoms. The molecule has 1 heterocycles. The zero-order valence-electron chi connectivity index (χ0n) is 16.1. The molecule has 3 rings (SSSR count). The Morgan fingerprint density at radius 2 is 1.90 bits per heavy atom. The summed E-state index contributed by atoms with van der Waals surface area (Å²) in [7, 11) is 1.59. The largest absolute Gasteiger partial charge is 0.497 e. The van der Waals surface area contributed by atoms with Crippen molar-refractivity contribution in [2.45, 2.75) is 24.8 Å². The number of halogens is 3. The number of hydrogen-bond acceptors (Lipinski definition) is 3. The lowest BCUT2D eigenvalue weighted by molar-refractivity contribution is 0.0676. The molecular formula is C21H24ClF2N3O2. The number of alkyl halides is 2. The minimum Gasteiger partial charge on any atom is -0.497 e. The van der Waals surface area contributed by atoms with E-state index in [1.165, 1.54) is 0 Å². The van der Waals surface area contributed by atoms with E-state index in [2.05, 4.69) is 10.6 Å². The molecule has 0 aromatic heterocycles. The molecule has 2 atom stereocenters. The summed E-state index contributed by atoms with van der Waals surface area (Å²) in [5.74, 6) is 0.614. The minimum atomic E-state index is -2.38. The number of likely N-dealkylation sites (tertiary alicyclic amines) is 1. The van der Waals surface area contributed by atoms with Gasteiger partial charge in [-0.3, -0.25) is 4.90 Å². The summed E-state index contributed by atoms with van der Waals surface area (Å²) in [6, 6.07) is 13.8. The summed E-state index contributed by atoms with van der Waals surface area (Å²) in [4.78, 5) is 14.2. The third-order valence-electron chi connectivity index (χ3n) is 5.06. The fraction of sp³-hybridized carbons (Fsp3) is 0.381. The minimum absolute atomic E-state index is 0.107. The summed E-state index contributed by atoms with van der Waals surface area (Å²) in [5, 5.41) is 6.38. The van der Waals surface area contributed by atoms with Crippen molar-refractivity contribution in [2.24, 2.45) is 0 Å². The van der Waals surface area contributed by atoms with E-state index in [-0.39, 0.29) is 24.5 Å². The van der Waals surface area contributed by atoms with Gasteiger partial charge in [0.2, 0.25) is 0 Å². The molecule has 1 aliphatic heterocycles. The predicted octanol–water partition coefficient (Wildman–Crippen LogP) is 4.59. The molecule has 2 aromatic rings. The van der Waals surface area contributed by atoms with Gasteiger partial charge in [0.25, 0.3) is 6.43 Å². The highest BCUT2D eigenvalue weighted by Crippen LogP contribution is 2.29. The van der Waals surface area contributed by atoms with Crippen LogP contribution in [-0.4, -0.2) is 50.1 Å². The smallest absolute Gasteiger partial charge is 0.319 e. The lowest BCUT2D eigenvalue weighted by Crippen LogP contribution is -2.51. The molecule has 1 aliphatic rings. The first kappa shape index (κ1) is 21.3. The molecule has 2 N–H and O–H groups in total. The Kier molecular flexibility index (Phi) is 7.28. The van der Waals surface area contributed by atoms with Crippen LogP contribution in [0, 0.1) is 0 Å². The second-order valence-electron chi connectivity index (χ2n) is 7.03. The molecule has 5 nitrogen and oxygen atoms in total. The molecular weight excluding hydrogens is 400 g/mol. The maximum absolute atomic E-state index is 12.9. The SMILES string of the molecule is COc1ccc(C2CN(CC(F)F)CC[C@H]2NC(=O)Nc2ccc(Cl)cc2)cc1. The Labute approximate surface area is 174 Å². The average Bonchev–Trinajstić information content (AvgIpc) is 2.70. The molecule has 0 spiro atoms. The Balaban J connectivity index is 1.71. The highest BCUT2D eigenvalue weighted by atomic mass is 35.5. The Hall–Kier alpha value is -2.38. The highest BCUT2D eigenvalue weighted by molar-refractivity contribution is 6.30. The number of rotatable bonds is 6. The first-order valence-electron chi connectivity index (χ1n) is 9.42. The Morgan fingerprint density at radius 3 is 2.52 bits per heavy atom. The van der Waals surface area contributed by atoms with Gasteiger partial charge in [0.15, 0.2) is 0 Å². The van der Waals surface area contributed by atoms with Crippen molar-refractivity contribution in [1.29, 1.82) is 0 Å². The first-order chi connectivity index (χ1) is 13.9. The topological polar surface area (TPSA) is 53.6 Å². The van der Waals surface area contributed by atoms with Crippen LogP contribution in [0.4, 0.5) is 19.3 Å². The van der Waals surface area contributed by atoms with Crippen LogP contribution in [0.15, 0.2) is 48.5 Å². The van der Waals surface area contributed by atoms with Crippen LogP contribution in [0.25, 0.3) is 0 Å². The van der Waals surface area contributed by atoms with Gasteiger partial charge >= 0.3 is 6.03 Å². The van der Waals surface area contributed by atoms with Gasteiger partial charge in [0.05, 0.1) is 13.7 Å². The molecule has 156 valence electrons. The van der Waals surface area contributed by atoms with Gasteiger partial charge in [-0.15, -0.1) is 0 Å². The number of amides is 2. The van der Waals surface area contributed by atoms with Crippen molar-refractivity contribution < 1.29 is 18.3 Å². The van der Waals surface area contributed by atoms with Crippen molar-refractivity contribution in [1.82, 2.24) is 10.2 Å². The van der Waals surface area contributed by atoms with Gasteiger partial charge in [0, 0.05) is 35.8 Å². The van der Waals surface area contributed by atoms with Gasteiger partial charge in [0.1, 0.15) is 5.75 Å². The maximum atomic E-state index is 12.9. The zero-order valence-corrected chi connectivity index (χ0v) is 16.8. The highest BCUT2D eigenvalue weighted by Gasteiger charge is 2.32. The molecule has 2 amide bonds. The second-order valence-corrected chi connectivity index (χ2v) is 7.47. The van der Waals surface area contributed by atoms with E-state index in [1.807, 2.05) is 24.3 Å². The number of hydrogen-bond donors (Lipinski definition) is 2. The van der Waals surface area contributed by atoms with Crippen LogP contribution < -0.4 is 15.4 Å². The summed E-state index contributed by atoms with van der Waals surface area (Å²) in [6.07, 6.45) is -1.80. The van der Waals surface area contributed by atoms with Crippen LogP contribution >= 0.6 is 11.6 Å². The lowest BCUT2D eigenvalue weighted by atomic mass is 9.86. The van der Waals surface area contributed by atoms with Gasteiger partial charge in [-0.05, 0) is 48.4 Å². The first-order valence-corrected chi connectivity index (χ1v) is 9.80. The van der Waals surface area contributed by atoms with Crippen LogP contribution in [-0.2, 0) is 0 Å². The van der Waals surface area contributed by atoms with E-state index in [0.717, 1.165) is 11.3 Å². The van der Waals surface area contributed by atoms with E-state index in [1.54, 1.807) is 36.3 Å². The number of nitrogens with one attached hydrogen (secondary N) is 2. The summed E-state index contributed by atoms with van der Waals surface area (Å²) >= 11 is 5.87. The normalized spacial score (nSPS) is 19.8. The average molecular weight is 424 g/mol. The number of piperidine rings is 1. The van der Waals surface area contributed by atoms with E-state index in [0.29, 0.717) is 30.2 Å². The van der Waals surface area contributed by atoms with Crippen LogP contribution in [0.3, 0.4) is 0 Å². The Bertz CT molecular complexity index is 803. The zero-order chi connectivity index (χ0) is 20.8. The van der Waals surface area contributed by atoms with E-state index < -0.39 is 6.43 Å². The van der Waals surface area contributed by atoms with Gasteiger partial charge < -0.3 is 15.4 Å². The lowest BCUT2D eigenvalue weighted by Gasteiger charge is -2.39. The van der Waals surface area contributed by atoms with E-state index >= 15 is 0 Å². The van der Waals surface area contributed by atoms with Crippen molar-refractivity contribution in [3.63, 3.8) is 0 Å². The quantitative estimate of drug-likeness (QED) is 0.714. The number of ether oxygens (including phenoxy) is 1. The number of anilines is 1. The standard InChI is InChI=1S/C21H24ClF2N3O2/c1-29-17-8-2-14(3-9-17)18-12-27(13-20(23)24)11-10-19(18)26-21(28)25-16-6-4-15(22)5-7-16/h2-9,18-20H,10-13H2,1H3,(H2,25,26,28)/t18?,19-/m1/s1. The van der Waals surface area contributed by atoms with Crippen molar-refractivity contribution >= 4 is 23.3 Å². The predicted molar refractivity (Wildman–Crippen MR) is 110 cm³/mol. The summed E-state index contributed by atoms with van der Waals surface area (Å²) in [6.45, 7) is 0.682. The molecule has 0 bridgehead atoms. The van der Waals surface area contributed by atoms with Gasteiger partial charge in [-0.25, -0.2) is 13.6 Å². The second kappa shape index (κ2) is 9.89. The third-order valence-corrected chi connectivity index (χ3v) is 5.31. The molecule has 1 saturated heterocycles. The number of methoxy groups -OCH3 is 1. The molecule has 0 saturated carbocycles. The third kappa shape index (κ3) is 6.05. The molecule has 2 aromatic carbocycles. The summed E-state index contributed by atoms with van der Waals surface area (Å²) < 4.78 is 31.0. The van der Waals surface area contributed by atoms with Gasteiger partial charge in [-0.1, -0.05) is 23.7 Å². The van der Waals surface area contributed by atoms with E-state index in [4.69, 9.17) is 16.3 Å². The fourth-order valence-corrected chi connectivity index (χ4v) is 3.74. The van der Waals surface area contributed by atoms with E-state index in [9.17, 15) is 13.6 Å². The van der Waals surface area contributed by atoms with Crippen LogP contribution in [0.1, 0.15) is 17.9 Å². The number of carbonyl (C=O) groups is 1. The monoisotopic (exact) mass is 423 g/mol. The molecule has 0 radical (unpaired) electrons.